The van der Waals surface area contributed by atoms with Crippen molar-refractivity contribution >= 4 is 22.0 Å². The molecule has 1 amide bonds. The lowest BCUT2D eigenvalue weighted by Crippen LogP contribution is -2.31. The van der Waals surface area contributed by atoms with Gasteiger partial charge in [-0.15, -0.1) is 0 Å². The summed E-state index contributed by atoms with van der Waals surface area (Å²) in [6.07, 6.45) is 6.95. The molecule has 3 rings (SSSR count). The first-order chi connectivity index (χ1) is 13.9. The van der Waals surface area contributed by atoms with E-state index in [4.69, 9.17) is 0 Å². The van der Waals surface area contributed by atoms with Crippen molar-refractivity contribution in [1.29, 1.82) is 0 Å². The highest BCUT2D eigenvalue weighted by atomic mass is 32.2. The summed E-state index contributed by atoms with van der Waals surface area (Å²) >= 11 is 0. The molecule has 1 aliphatic heterocycles. The number of carbonyl (C=O) groups excluding carboxylic acids is 1. The topological polar surface area (TPSA) is 66.5 Å². The van der Waals surface area contributed by atoms with Crippen molar-refractivity contribution < 1.29 is 17.6 Å². The van der Waals surface area contributed by atoms with Crippen molar-refractivity contribution in [1.82, 2.24) is 9.62 Å². The number of carbonyl (C=O) groups is 1. The number of sulfonamides is 1. The number of hydrogen-bond donors (Lipinski definition) is 1. The Labute approximate surface area is 171 Å². The van der Waals surface area contributed by atoms with Crippen LogP contribution in [0.15, 0.2) is 59.5 Å². The van der Waals surface area contributed by atoms with Gasteiger partial charge in [-0.25, -0.2) is 12.8 Å². The molecule has 0 spiro atoms. The summed E-state index contributed by atoms with van der Waals surface area (Å²) in [5.41, 5.74) is 1.54. The maximum absolute atomic E-state index is 12.9. The first-order valence-electron chi connectivity index (χ1n) is 9.76. The Hall–Kier alpha value is -2.51. The van der Waals surface area contributed by atoms with Gasteiger partial charge in [0.25, 0.3) is 0 Å². The molecule has 2 aromatic carbocycles. The van der Waals surface area contributed by atoms with Crippen LogP contribution in [0.4, 0.5) is 4.39 Å². The Morgan fingerprint density at radius 3 is 2.21 bits per heavy atom. The third-order valence-corrected chi connectivity index (χ3v) is 6.80. The van der Waals surface area contributed by atoms with Crippen LogP contribution in [-0.4, -0.2) is 31.7 Å². The van der Waals surface area contributed by atoms with Gasteiger partial charge < -0.3 is 5.32 Å². The summed E-state index contributed by atoms with van der Waals surface area (Å²) in [6, 6.07) is 12.5. The predicted octanol–water partition coefficient (Wildman–Crippen LogP) is 3.72. The molecule has 0 radical (unpaired) electrons. The van der Waals surface area contributed by atoms with Crippen molar-refractivity contribution in [2.24, 2.45) is 0 Å². The van der Waals surface area contributed by atoms with Crippen molar-refractivity contribution in [3.8, 4) is 0 Å². The van der Waals surface area contributed by atoms with Crippen LogP contribution in [0.5, 0.6) is 0 Å². The molecule has 0 aliphatic carbocycles. The van der Waals surface area contributed by atoms with Crippen LogP contribution in [0.3, 0.4) is 0 Å². The van der Waals surface area contributed by atoms with Gasteiger partial charge in [0.2, 0.25) is 15.9 Å². The van der Waals surface area contributed by atoms with Crippen molar-refractivity contribution in [3.63, 3.8) is 0 Å². The van der Waals surface area contributed by atoms with E-state index in [0.717, 1.165) is 36.8 Å². The fourth-order valence-electron chi connectivity index (χ4n) is 3.20. The van der Waals surface area contributed by atoms with Crippen LogP contribution in [0.2, 0.25) is 0 Å². The smallest absolute Gasteiger partial charge is 0.244 e. The van der Waals surface area contributed by atoms with Crippen molar-refractivity contribution in [3.05, 3.63) is 71.6 Å². The fraction of sp³-hybridized carbons (Fsp3) is 0.318. The van der Waals surface area contributed by atoms with E-state index in [9.17, 15) is 17.6 Å². The van der Waals surface area contributed by atoms with Crippen molar-refractivity contribution in [2.45, 2.75) is 37.1 Å². The van der Waals surface area contributed by atoms with Gasteiger partial charge in [-0.3, -0.25) is 4.79 Å². The zero-order valence-corrected chi connectivity index (χ0v) is 17.0. The van der Waals surface area contributed by atoms with Crippen LogP contribution in [0, 0.1) is 5.82 Å². The highest BCUT2D eigenvalue weighted by molar-refractivity contribution is 7.89. The second-order valence-electron chi connectivity index (χ2n) is 7.06. The van der Waals surface area contributed by atoms with Gasteiger partial charge in [0.05, 0.1) is 4.90 Å². The second kappa shape index (κ2) is 9.80. The van der Waals surface area contributed by atoms with Crippen molar-refractivity contribution in [2.75, 3.05) is 13.1 Å². The highest BCUT2D eigenvalue weighted by Gasteiger charge is 2.24. The van der Waals surface area contributed by atoms with Gasteiger partial charge in [-0.1, -0.05) is 37.1 Å². The molecule has 1 heterocycles. The lowest BCUT2D eigenvalue weighted by molar-refractivity contribution is -0.116. The molecule has 1 N–H and O–H groups in total. The van der Waals surface area contributed by atoms with Gasteiger partial charge in [0.15, 0.2) is 0 Å². The summed E-state index contributed by atoms with van der Waals surface area (Å²) in [7, 11) is -3.47. The largest absolute Gasteiger partial charge is 0.348 e. The third-order valence-electron chi connectivity index (χ3n) is 4.89. The van der Waals surface area contributed by atoms with Crippen LogP contribution < -0.4 is 5.32 Å². The first kappa shape index (κ1) is 21.2. The van der Waals surface area contributed by atoms with Gasteiger partial charge in [0.1, 0.15) is 5.82 Å². The molecular formula is C22H25FN2O3S. The van der Waals surface area contributed by atoms with Crippen LogP contribution in [-0.2, 0) is 21.4 Å². The molecule has 2 aromatic rings. The Balaban J connectivity index is 1.57. The number of amides is 1. The SMILES string of the molecule is O=C(/C=C/c1ccc(S(=O)(=O)N2CCCCCC2)cc1)NCc1ccc(F)cc1. The molecular weight excluding hydrogens is 391 g/mol. The minimum absolute atomic E-state index is 0.275. The summed E-state index contributed by atoms with van der Waals surface area (Å²) < 4.78 is 40.0. The van der Waals surface area contributed by atoms with E-state index in [1.807, 2.05) is 0 Å². The molecule has 29 heavy (non-hydrogen) atoms. The average Bonchev–Trinajstić information content (AvgIpc) is 3.02. The van der Waals surface area contributed by atoms with Gasteiger partial charge in [-0.05, 0) is 54.3 Å². The van der Waals surface area contributed by atoms with Crippen LogP contribution >= 0.6 is 0 Å². The standard InChI is InChI=1S/C22H25FN2O3S/c23-20-10-5-19(6-11-20)17-24-22(26)14-9-18-7-12-21(13-8-18)29(27,28)25-15-3-1-2-4-16-25/h5-14H,1-4,15-17H2,(H,24,26)/b14-9+. The van der Waals surface area contributed by atoms with Gasteiger partial charge in [-0.2, -0.15) is 4.31 Å². The molecule has 1 aliphatic rings. The quantitative estimate of drug-likeness (QED) is 0.730. The normalized spacial score (nSPS) is 15.9. The second-order valence-corrected chi connectivity index (χ2v) is 9.00. The molecule has 1 fully saturated rings. The molecule has 1 saturated heterocycles. The molecule has 5 nitrogen and oxygen atoms in total. The highest BCUT2D eigenvalue weighted by Crippen LogP contribution is 2.21. The van der Waals surface area contributed by atoms with E-state index in [-0.39, 0.29) is 16.6 Å². The van der Waals surface area contributed by atoms with E-state index in [2.05, 4.69) is 5.32 Å². The lowest BCUT2D eigenvalue weighted by atomic mass is 10.2. The fourth-order valence-corrected chi connectivity index (χ4v) is 4.72. The minimum atomic E-state index is -3.47. The zero-order valence-electron chi connectivity index (χ0n) is 16.2. The first-order valence-corrected chi connectivity index (χ1v) is 11.2. The predicted molar refractivity (Wildman–Crippen MR) is 111 cm³/mol. The summed E-state index contributed by atoms with van der Waals surface area (Å²) in [6.45, 7) is 1.44. The Kier molecular flexibility index (Phi) is 7.17. The summed E-state index contributed by atoms with van der Waals surface area (Å²) in [5, 5.41) is 2.72. The number of nitrogens with zero attached hydrogens (tertiary/aromatic N) is 1. The molecule has 0 bridgehead atoms. The number of benzene rings is 2. The monoisotopic (exact) mass is 416 g/mol. The van der Waals surface area contributed by atoms with Gasteiger partial charge in [0, 0.05) is 25.7 Å². The van der Waals surface area contributed by atoms with E-state index in [1.165, 1.54) is 18.2 Å². The van der Waals surface area contributed by atoms with Gasteiger partial charge >= 0.3 is 0 Å². The number of hydrogen-bond acceptors (Lipinski definition) is 3. The maximum Gasteiger partial charge on any atom is 0.244 e. The number of halogens is 1. The molecule has 0 saturated carbocycles. The Morgan fingerprint density at radius 1 is 0.966 bits per heavy atom. The van der Waals surface area contributed by atoms with E-state index >= 15 is 0 Å². The third kappa shape index (κ3) is 5.98. The van der Waals surface area contributed by atoms with Crippen LogP contribution in [0.1, 0.15) is 36.8 Å². The molecule has 0 aromatic heterocycles. The molecule has 0 unspecified atom stereocenters. The van der Waals surface area contributed by atoms with E-state index in [1.54, 1.807) is 46.8 Å². The lowest BCUT2D eigenvalue weighted by Gasteiger charge is -2.19. The molecule has 154 valence electrons. The van der Waals surface area contributed by atoms with E-state index < -0.39 is 10.0 Å². The van der Waals surface area contributed by atoms with E-state index in [0.29, 0.717) is 19.6 Å². The molecule has 0 atom stereocenters. The number of rotatable bonds is 6. The Morgan fingerprint density at radius 2 is 1.59 bits per heavy atom. The molecule has 7 heteroatoms. The Bertz CT molecular complexity index is 947. The average molecular weight is 417 g/mol. The minimum Gasteiger partial charge on any atom is -0.348 e. The summed E-state index contributed by atoms with van der Waals surface area (Å²) in [4.78, 5) is 12.2. The zero-order chi connectivity index (χ0) is 20.7. The maximum atomic E-state index is 12.9. The number of nitrogens with one attached hydrogen (secondary N) is 1. The van der Waals surface area contributed by atoms with Crippen LogP contribution in [0.25, 0.3) is 6.08 Å². The summed E-state index contributed by atoms with van der Waals surface area (Å²) in [5.74, 6) is -0.600.